The molecule has 32 heavy (non-hydrogen) atoms. The van der Waals surface area contributed by atoms with Crippen LogP contribution in [0, 0.1) is 12.7 Å². The van der Waals surface area contributed by atoms with Crippen LogP contribution in [-0.2, 0) is 16.6 Å². The molecule has 12 heteroatoms. The molecule has 0 fully saturated rings. The predicted octanol–water partition coefficient (Wildman–Crippen LogP) is 0.104. The van der Waals surface area contributed by atoms with Crippen LogP contribution >= 0.6 is 0 Å². The van der Waals surface area contributed by atoms with Crippen molar-refractivity contribution in [3.63, 3.8) is 0 Å². The van der Waals surface area contributed by atoms with Crippen molar-refractivity contribution in [2.75, 3.05) is 14.1 Å². The number of benzene rings is 2. The Bertz CT molecular complexity index is 1340. The third-order valence-corrected chi connectivity index (χ3v) is 4.93. The van der Waals surface area contributed by atoms with E-state index in [9.17, 15) is 22.4 Å². The van der Waals surface area contributed by atoms with Gasteiger partial charge in [-0.05, 0) is 30.2 Å². The summed E-state index contributed by atoms with van der Waals surface area (Å²) in [6.07, 6.45) is -0.739. The number of nitrogens with zero attached hydrogens (tertiary/aromatic N) is 2. The van der Waals surface area contributed by atoms with E-state index >= 15 is 0 Å². The van der Waals surface area contributed by atoms with Crippen molar-refractivity contribution in [3.8, 4) is 5.75 Å². The summed E-state index contributed by atoms with van der Waals surface area (Å²) in [6, 6.07) is 8.57. The van der Waals surface area contributed by atoms with Gasteiger partial charge in [-0.2, -0.15) is 0 Å². The second-order valence-corrected chi connectivity index (χ2v) is 8.16. The fourth-order valence-corrected chi connectivity index (χ4v) is 3.35. The summed E-state index contributed by atoms with van der Waals surface area (Å²) < 4.78 is 50.7. The van der Waals surface area contributed by atoms with Gasteiger partial charge in [-0.15, -0.1) is 0 Å². The molecule has 2 N–H and O–H groups in total. The van der Waals surface area contributed by atoms with Gasteiger partial charge in [-0.3, -0.25) is 0 Å². The van der Waals surface area contributed by atoms with E-state index in [0.717, 1.165) is 6.07 Å². The number of carbonyl (C=O) groups is 1. The second kappa shape index (κ2) is 10.0. The molecule has 0 radical (unpaired) electrons. The van der Waals surface area contributed by atoms with Gasteiger partial charge in [0.05, 0.1) is 0 Å². The molecule has 0 aliphatic heterocycles. The Labute approximate surface area is 205 Å². The predicted molar refractivity (Wildman–Crippen MR) is 112 cm³/mol. The first-order chi connectivity index (χ1) is 14.5. The minimum Gasteiger partial charge on any atom is -0.562 e. The van der Waals surface area contributed by atoms with Crippen molar-refractivity contribution in [3.05, 3.63) is 74.0 Å². The minimum atomic E-state index is -4.29. The third-order valence-electron chi connectivity index (χ3n) is 4.48. The van der Waals surface area contributed by atoms with Gasteiger partial charge in [0.1, 0.15) is 17.1 Å². The average molecular weight is 471 g/mol. The van der Waals surface area contributed by atoms with Gasteiger partial charge in [-0.1, -0.05) is 23.9 Å². The molecule has 1 heterocycles. The topological polar surface area (TPSA) is 134 Å². The maximum absolute atomic E-state index is 14.7. The van der Waals surface area contributed by atoms with E-state index < -0.39 is 33.4 Å². The van der Waals surface area contributed by atoms with Crippen molar-refractivity contribution in [1.82, 2.24) is 4.90 Å². The van der Waals surface area contributed by atoms with Crippen LogP contribution in [0.2, 0.25) is 0 Å². The Morgan fingerprint density at radius 1 is 1.25 bits per heavy atom. The molecule has 164 valence electrons. The van der Waals surface area contributed by atoms with Crippen molar-refractivity contribution >= 4 is 33.0 Å². The van der Waals surface area contributed by atoms with Crippen LogP contribution in [0.5, 0.6) is 5.75 Å². The van der Waals surface area contributed by atoms with Gasteiger partial charge in [-0.25, -0.2) is 27.5 Å². The number of nitrogens with two attached hydrogens (primary N) is 1. The molecule has 0 spiro atoms. The first-order valence-corrected chi connectivity index (χ1v) is 10.4. The number of carbonyl (C=O) groups excluding carboxylic acids is 1. The number of fused-ring (bicyclic) bond motifs is 1. The molecule has 0 unspecified atom stereocenters. The van der Waals surface area contributed by atoms with Crippen LogP contribution < -0.4 is 45.1 Å². The summed E-state index contributed by atoms with van der Waals surface area (Å²) in [4.78, 5) is 25.5. The largest absolute Gasteiger partial charge is 1.00 e. The molecule has 0 bridgehead atoms. The average Bonchev–Trinajstić information content (AvgIpc) is 2.66. The van der Waals surface area contributed by atoms with Crippen molar-refractivity contribution in [2.24, 2.45) is 5.14 Å². The van der Waals surface area contributed by atoms with Crippen molar-refractivity contribution in [2.45, 2.75) is 13.3 Å². The molecule has 9 nitrogen and oxygen atoms in total. The van der Waals surface area contributed by atoms with E-state index in [4.69, 9.17) is 14.3 Å². The summed E-state index contributed by atoms with van der Waals surface area (Å²) in [6.45, 7) is 1.68. The van der Waals surface area contributed by atoms with Gasteiger partial charge in [0.2, 0.25) is 0 Å². The fourth-order valence-electron chi connectivity index (χ4n) is 2.94. The molecule has 0 saturated carbocycles. The van der Waals surface area contributed by atoms with E-state index in [2.05, 4.69) is 4.72 Å². The number of hydrogen-bond donors (Lipinski definition) is 1. The monoisotopic (exact) mass is 471 g/mol. The molecule has 0 saturated heterocycles. The standard InChI is InChI=1S/C20H19FN3O6S.Na/c1-11-14-8-7-13(29-20(26)24(2)3)10-17(14)30-19(25)15(11)9-12-5-4-6-16(18(12)21)23-31(22,27)28;/h4-8,10H,9H2,1-3H3,(H2,22,27,28);/q-1;+1. The van der Waals surface area contributed by atoms with Gasteiger partial charge in [0.15, 0.2) is 10.2 Å². The van der Waals surface area contributed by atoms with Crippen LogP contribution in [0.15, 0.2) is 45.6 Å². The third kappa shape index (κ3) is 5.87. The van der Waals surface area contributed by atoms with Crippen molar-refractivity contribution < 1.29 is 56.3 Å². The van der Waals surface area contributed by atoms with E-state index in [1.165, 1.54) is 37.2 Å². The number of aryl methyl sites for hydroxylation is 1. The number of amides is 1. The molecular formula is C20H19FN3NaO6S. The summed E-state index contributed by atoms with van der Waals surface area (Å²) in [5.41, 5.74) is -0.156. The zero-order valence-corrected chi connectivity index (χ0v) is 20.7. The zero-order chi connectivity index (χ0) is 22.9. The second-order valence-electron chi connectivity index (χ2n) is 6.95. The molecule has 1 aromatic heterocycles. The Balaban J connectivity index is 0.00000363. The first kappa shape index (κ1) is 25.8. The molecule has 3 aromatic rings. The number of halogens is 1. The van der Waals surface area contributed by atoms with Crippen molar-refractivity contribution in [1.29, 1.82) is 0 Å². The van der Waals surface area contributed by atoms with E-state index in [1.54, 1.807) is 19.1 Å². The molecule has 0 aliphatic rings. The van der Waals surface area contributed by atoms with E-state index in [1.807, 2.05) is 0 Å². The summed E-state index contributed by atoms with van der Waals surface area (Å²) in [5.74, 6) is -0.703. The fraction of sp³-hybridized carbons (Fsp3) is 0.200. The minimum absolute atomic E-state index is 0. The molecule has 2 aromatic carbocycles. The SMILES string of the molecule is Cc1c(Cc2cccc([N-]S(N)(=O)=O)c2F)c(=O)oc2cc(OC(=O)N(C)C)ccc12.[Na+]. The Morgan fingerprint density at radius 3 is 2.56 bits per heavy atom. The number of rotatable bonds is 5. The normalized spacial score (nSPS) is 11.0. The smallest absolute Gasteiger partial charge is 0.562 e. The number of hydrogen-bond acceptors (Lipinski definition) is 6. The maximum Gasteiger partial charge on any atom is 1.00 e. The molecule has 1 amide bonds. The Morgan fingerprint density at radius 2 is 1.94 bits per heavy atom. The van der Waals surface area contributed by atoms with Crippen LogP contribution in [0.25, 0.3) is 15.7 Å². The first-order valence-electron chi connectivity index (χ1n) is 8.95. The summed E-state index contributed by atoms with van der Waals surface area (Å²) in [7, 11) is -1.22. The molecule has 0 aliphatic carbocycles. The van der Waals surface area contributed by atoms with Crippen LogP contribution in [0.3, 0.4) is 0 Å². The van der Waals surface area contributed by atoms with Gasteiger partial charge < -0.3 is 18.8 Å². The van der Waals surface area contributed by atoms with Crippen LogP contribution in [-0.4, -0.2) is 33.5 Å². The molecule has 0 atom stereocenters. The summed E-state index contributed by atoms with van der Waals surface area (Å²) in [5, 5.41) is 5.42. The van der Waals surface area contributed by atoms with E-state index in [-0.39, 0.29) is 58.4 Å². The maximum atomic E-state index is 14.7. The Kier molecular flexibility index (Phi) is 8.07. The summed E-state index contributed by atoms with van der Waals surface area (Å²) >= 11 is 0. The number of ether oxygens (including phenoxy) is 1. The van der Waals surface area contributed by atoms with Crippen LogP contribution in [0.1, 0.15) is 16.7 Å². The van der Waals surface area contributed by atoms with Crippen LogP contribution in [0.4, 0.5) is 14.9 Å². The molecular weight excluding hydrogens is 452 g/mol. The van der Waals surface area contributed by atoms with Gasteiger partial charge in [0, 0.05) is 37.5 Å². The zero-order valence-electron chi connectivity index (χ0n) is 17.9. The Hall–Kier alpha value is -2.44. The van der Waals surface area contributed by atoms with E-state index in [0.29, 0.717) is 10.9 Å². The van der Waals surface area contributed by atoms with Gasteiger partial charge >= 0.3 is 41.3 Å². The van der Waals surface area contributed by atoms with Gasteiger partial charge in [0.25, 0.3) is 0 Å². The molecule has 3 rings (SSSR count). The quantitative estimate of drug-likeness (QED) is 0.415.